The Kier molecular flexibility index (Phi) is 5.84. The summed E-state index contributed by atoms with van der Waals surface area (Å²) in [5.41, 5.74) is 4.27. The van der Waals surface area contributed by atoms with Crippen molar-refractivity contribution in [3.05, 3.63) is 52.8 Å². The number of carbonyl (C=O) groups is 1. The molecule has 27 heavy (non-hydrogen) atoms. The van der Waals surface area contributed by atoms with Crippen molar-refractivity contribution in [1.29, 1.82) is 0 Å². The van der Waals surface area contributed by atoms with Gasteiger partial charge >= 0.3 is 0 Å². The van der Waals surface area contributed by atoms with Crippen LogP contribution in [0, 0.1) is 0 Å². The quantitative estimate of drug-likeness (QED) is 0.733. The van der Waals surface area contributed by atoms with Gasteiger partial charge in [0.1, 0.15) is 0 Å². The Morgan fingerprint density at radius 3 is 2.67 bits per heavy atom. The highest BCUT2D eigenvalue weighted by molar-refractivity contribution is 5.94. The summed E-state index contributed by atoms with van der Waals surface area (Å²) in [4.78, 5) is 17.3. The fraction of sp³-hybridized carbons (Fsp3) is 0.524. The smallest absolute Gasteiger partial charge is 0.272 e. The molecule has 6 nitrogen and oxygen atoms in total. The minimum atomic E-state index is -0.0259. The molecule has 1 saturated heterocycles. The summed E-state index contributed by atoms with van der Waals surface area (Å²) in [5.74, 6) is -0.0259. The zero-order valence-corrected chi connectivity index (χ0v) is 15.9. The van der Waals surface area contributed by atoms with Gasteiger partial charge in [-0.05, 0) is 37.8 Å². The number of nitrogens with one attached hydrogen (secondary N) is 2. The van der Waals surface area contributed by atoms with Crippen molar-refractivity contribution < 1.29 is 4.79 Å². The van der Waals surface area contributed by atoms with E-state index < -0.39 is 0 Å². The summed E-state index contributed by atoms with van der Waals surface area (Å²) in [6.45, 7) is 7.23. The standard InChI is InChI=1S/C21H29N5O/c27-21(20-18-8-4-9-19(18)23-24-20)22-10-5-11-25-12-14-26(15-13-25)16-17-6-2-1-3-7-17/h1-3,6-7H,4-5,8-16H2,(H,22,27)(H,23,24). The molecule has 0 unspecified atom stereocenters. The third kappa shape index (κ3) is 4.57. The number of hydrogen-bond donors (Lipinski definition) is 2. The Bertz CT molecular complexity index is 749. The van der Waals surface area contributed by atoms with Crippen molar-refractivity contribution >= 4 is 5.91 Å². The minimum absolute atomic E-state index is 0.0259. The van der Waals surface area contributed by atoms with Crippen molar-refractivity contribution in [3.63, 3.8) is 0 Å². The molecule has 0 spiro atoms. The first-order valence-corrected chi connectivity index (χ1v) is 10.1. The van der Waals surface area contributed by atoms with E-state index in [1.807, 2.05) is 0 Å². The molecule has 6 heteroatoms. The second kappa shape index (κ2) is 8.67. The number of nitrogens with zero attached hydrogens (tertiary/aromatic N) is 3. The van der Waals surface area contributed by atoms with Crippen LogP contribution >= 0.6 is 0 Å². The molecule has 0 bridgehead atoms. The van der Waals surface area contributed by atoms with Crippen LogP contribution < -0.4 is 5.32 Å². The highest BCUT2D eigenvalue weighted by Gasteiger charge is 2.22. The maximum atomic E-state index is 12.3. The lowest BCUT2D eigenvalue weighted by molar-refractivity contribution is 0.0941. The van der Waals surface area contributed by atoms with Gasteiger partial charge in [0.2, 0.25) is 0 Å². The van der Waals surface area contributed by atoms with Crippen LogP contribution in [-0.2, 0) is 19.4 Å². The Hall–Kier alpha value is -2.18. The molecule has 2 aliphatic rings. The molecule has 0 radical (unpaired) electrons. The molecule has 144 valence electrons. The molecule has 1 aliphatic carbocycles. The lowest BCUT2D eigenvalue weighted by atomic mass is 10.2. The third-order valence-corrected chi connectivity index (χ3v) is 5.67. The van der Waals surface area contributed by atoms with Crippen LogP contribution in [-0.4, -0.2) is 65.2 Å². The van der Waals surface area contributed by atoms with Gasteiger partial charge < -0.3 is 10.2 Å². The predicted molar refractivity (Wildman–Crippen MR) is 106 cm³/mol. The molecule has 4 rings (SSSR count). The highest BCUT2D eigenvalue weighted by Crippen LogP contribution is 2.22. The number of hydrogen-bond acceptors (Lipinski definition) is 4. The molecule has 2 aromatic rings. The maximum Gasteiger partial charge on any atom is 0.272 e. The Balaban J connectivity index is 1.13. The summed E-state index contributed by atoms with van der Waals surface area (Å²) in [7, 11) is 0. The molecule has 1 amide bonds. The number of aryl methyl sites for hydroxylation is 1. The molecular weight excluding hydrogens is 338 g/mol. The fourth-order valence-electron chi connectivity index (χ4n) is 4.11. The van der Waals surface area contributed by atoms with Gasteiger partial charge in [0.15, 0.2) is 5.69 Å². The van der Waals surface area contributed by atoms with Crippen LogP contribution in [0.3, 0.4) is 0 Å². The second-order valence-corrected chi connectivity index (χ2v) is 7.60. The van der Waals surface area contributed by atoms with Crippen molar-refractivity contribution in [2.24, 2.45) is 0 Å². The van der Waals surface area contributed by atoms with E-state index >= 15 is 0 Å². The maximum absolute atomic E-state index is 12.3. The molecule has 0 atom stereocenters. The molecule has 2 N–H and O–H groups in total. The fourth-order valence-corrected chi connectivity index (χ4v) is 4.11. The zero-order chi connectivity index (χ0) is 18.5. The van der Waals surface area contributed by atoms with Gasteiger partial charge in [-0.25, -0.2) is 0 Å². The first-order valence-electron chi connectivity index (χ1n) is 10.1. The first kappa shape index (κ1) is 18.2. The number of fused-ring (bicyclic) bond motifs is 1. The van der Waals surface area contributed by atoms with Gasteiger partial charge in [0.05, 0.1) is 0 Å². The summed E-state index contributed by atoms with van der Waals surface area (Å²) in [6.07, 6.45) is 4.10. The van der Waals surface area contributed by atoms with Crippen LogP contribution in [0.5, 0.6) is 0 Å². The van der Waals surface area contributed by atoms with Crippen molar-refractivity contribution in [3.8, 4) is 0 Å². The normalized spacial score (nSPS) is 17.8. The predicted octanol–water partition coefficient (Wildman–Crippen LogP) is 1.84. The number of H-pyrrole nitrogens is 1. The molecule has 2 heterocycles. The molecule has 0 saturated carbocycles. The molecule has 1 aromatic carbocycles. The number of piperazine rings is 1. The highest BCUT2D eigenvalue weighted by atomic mass is 16.1. The van der Waals surface area contributed by atoms with E-state index in [1.54, 1.807) is 0 Å². The van der Waals surface area contributed by atoms with Crippen molar-refractivity contribution in [2.45, 2.75) is 32.2 Å². The van der Waals surface area contributed by atoms with Crippen LogP contribution in [0.1, 0.15) is 40.2 Å². The van der Waals surface area contributed by atoms with Crippen LogP contribution in [0.25, 0.3) is 0 Å². The Labute approximate surface area is 160 Å². The topological polar surface area (TPSA) is 64.3 Å². The van der Waals surface area contributed by atoms with Gasteiger partial charge in [-0.15, -0.1) is 0 Å². The summed E-state index contributed by atoms with van der Waals surface area (Å²) in [5, 5.41) is 10.2. The zero-order valence-electron chi connectivity index (χ0n) is 15.9. The first-order chi connectivity index (χ1) is 13.3. The number of carbonyl (C=O) groups excluding carboxylic acids is 1. The summed E-state index contributed by atoms with van der Waals surface area (Å²) in [6, 6.07) is 10.7. The monoisotopic (exact) mass is 367 g/mol. The molecule has 1 aliphatic heterocycles. The SMILES string of the molecule is O=C(NCCCN1CCN(Cc2ccccc2)CC1)c1n[nH]c2c1CCC2. The number of aromatic nitrogens is 2. The van der Waals surface area contributed by atoms with E-state index in [0.29, 0.717) is 12.2 Å². The second-order valence-electron chi connectivity index (χ2n) is 7.60. The van der Waals surface area contributed by atoms with Gasteiger partial charge in [0, 0.05) is 50.5 Å². The molecule has 1 aromatic heterocycles. The van der Waals surface area contributed by atoms with Crippen LogP contribution in [0.2, 0.25) is 0 Å². The van der Waals surface area contributed by atoms with Crippen LogP contribution in [0.15, 0.2) is 30.3 Å². The van der Waals surface area contributed by atoms with E-state index in [4.69, 9.17) is 0 Å². The number of aromatic amines is 1. The van der Waals surface area contributed by atoms with Crippen LogP contribution in [0.4, 0.5) is 0 Å². The number of amides is 1. The van der Waals surface area contributed by atoms with E-state index in [-0.39, 0.29) is 5.91 Å². The average Bonchev–Trinajstić information content (AvgIpc) is 3.31. The van der Waals surface area contributed by atoms with Gasteiger partial charge in [-0.1, -0.05) is 30.3 Å². The lowest BCUT2D eigenvalue weighted by Gasteiger charge is -2.34. The Morgan fingerprint density at radius 2 is 1.85 bits per heavy atom. The van der Waals surface area contributed by atoms with Gasteiger partial charge in [-0.2, -0.15) is 5.10 Å². The van der Waals surface area contributed by atoms with E-state index in [1.165, 1.54) is 5.56 Å². The third-order valence-electron chi connectivity index (χ3n) is 5.67. The minimum Gasteiger partial charge on any atom is -0.351 e. The summed E-state index contributed by atoms with van der Waals surface area (Å²) < 4.78 is 0. The summed E-state index contributed by atoms with van der Waals surface area (Å²) >= 11 is 0. The molecule has 1 fully saturated rings. The number of rotatable bonds is 7. The van der Waals surface area contributed by atoms with Crippen molar-refractivity contribution in [1.82, 2.24) is 25.3 Å². The Morgan fingerprint density at radius 1 is 1.07 bits per heavy atom. The lowest BCUT2D eigenvalue weighted by Crippen LogP contribution is -2.46. The average molecular weight is 367 g/mol. The van der Waals surface area contributed by atoms with Crippen molar-refractivity contribution in [2.75, 3.05) is 39.3 Å². The van der Waals surface area contributed by atoms with Gasteiger partial charge in [0.25, 0.3) is 5.91 Å². The molecular formula is C21H29N5O. The van der Waals surface area contributed by atoms with Gasteiger partial charge in [-0.3, -0.25) is 14.8 Å². The number of benzene rings is 1. The van der Waals surface area contributed by atoms with E-state index in [9.17, 15) is 4.79 Å². The largest absolute Gasteiger partial charge is 0.351 e. The van der Waals surface area contributed by atoms with E-state index in [2.05, 4.69) is 55.6 Å². The van der Waals surface area contributed by atoms with E-state index in [0.717, 1.165) is 76.2 Å².